The van der Waals surface area contributed by atoms with Crippen LogP contribution in [0.2, 0.25) is 0 Å². The third-order valence-electron chi connectivity index (χ3n) is 2.43. The van der Waals surface area contributed by atoms with Crippen LogP contribution in [0.1, 0.15) is 5.56 Å². The van der Waals surface area contributed by atoms with Crippen molar-refractivity contribution in [3.05, 3.63) is 18.0 Å². The van der Waals surface area contributed by atoms with Crippen molar-refractivity contribution in [2.45, 2.75) is 13.0 Å². The zero-order chi connectivity index (χ0) is 10.7. The van der Waals surface area contributed by atoms with Crippen molar-refractivity contribution in [2.24, 2.45) is 0 Å². The maximum atomic E-state index is 5.42. The van der Waals surface area contributed by atoms with E-state index in [9.17, 15) is 0 Å². The van der Waals surface area contributed by atoms with E-state index in [0.717, 1.165) is 36.6 Å². The number of hydrogen-bond acceptors (Lipinski definition) is 4. The molecule has 0 radical (unpaired) electrons. The molecule has 0 bridgehead atoms. The van der Waals surface area contributed by atoms with Crippen LogP contribution in [0.5, 0.6) is 0 Å². The molecule has 1 aromatic heterocycles. The normalized spacial score (nSPS) is 21.7. The Labute approximate surface area is 97.8 Å². The Hall–Kier alpha value is -0.680. The highest BCUT2D eigenvalue weighted by molar-refractivity contribution is 9.09. The molecule has 1 aromatic rings. The standard InChI is InChI=1S/C10H14BrN3O/c1-8-5-12-10(13-6-8)14-2-3-15-7-9(14)4-11/h5-6,9H,2-4,7H2,1H3. The van der Waals surface area contributed by atoms with E-state index in [4.69, 9.17) is 4.74 Å². The molecular weight excluding hydrogens is 258 g/mol. The number of nitrogens with zero attached hydrogens (tertiary/aromatic N) is 3. The summed E-state index contributed by atoms with van der Waals surface area (Å²) in [5, 5.41) is 0.879. The van der Waals surface area contributed by atoms with Crippen LogP contribution in [-0.4, -0.2) is 41.1 Å². The van der Waals surface area contributed by atoms with Crippen LogP contribution < -0.4 is 4.90 Å². The molecule has 0 N–H and O–H groups in total. The zero-order valence-corrected chi connectivity index (χ0v) is 10.3. The summed E-state index contributed by atoms with van der Waals surface area (Å²) in [6.07, 6.45) is 3.70. The summed E-state index contributed by atoms with van der Waals surface area (Å²) in [5.74, 6) is 0.799. The summed E-state index contributed by atoms with van der Waals surface area (Å²) >= 11 is 3.49. The molecule has 0 saturated carbocycles. The molecule has 1 fully saturated rings. The first-order valence-corrected chi connectivity index (χ1v) is 6.12. The second-order valence-corrected chi connectivity index (χ2v) is 4.28. The molecule has 1 atom stereocenters. The molecule has 0 amide bonds. The van der Waals surface area contributed by atoms with Gasteiger partial charge in [0.1, 0.15) is 0 Å². The average molecular weight is 272 g/mol. The van der Waals surface area contributed by atoms with Gasteiger partial charge in [-0.25, -0.2) is 9.97 Å². The van der Waals surface area contributed by atoms with Crippen LogP contribution in [0.15, 0.2) is 12.4 Å². The Morgan fingerprint density at radius 2 is 2.27 bits per heavy atom. The van der Waals surface area contributed by atoms with Gasteiger partial charge >= 0.3 is 0 Å². The van der Waals surface area contributed by atoms with Crippen molar-refractivity contribution < 1.29 is 4.74 Å². The molecule has 0 spiro atoms. The van der Waals surface area contributed by atoms with E-state index in [0.29, 0.717) is 6.04 Å². The second-order valence-electron chi connectivity index (χ2n) is 3.64. The van der Waals surface area contributed by atoms with Gasteiger partial charge in [-0.2, -0.15) is 0 Å². The van der Waals surface area contributed by atoms with Crippen LogP contribution in [0, 0.1) is 6.92 Å². The van der Waals surface area contributed by atoms with Crippen LogP contribution in [-0.2, 0) is 4.74 Å². The highest BCUT2D eigenvalue weighted by Crippen LogP contribution is 2.16. The largest absolute Gasteiger partial charge is 0.377 e. The molecule has 2 heterocycles. The molecule has 1 aliphatic rings. The first-order chi connectivity index (χ1) is 7.31. The molecule has 15 heavy (non-hydrogen) atoms. The quantitative estimate of drug-likeness (QED) is 0.762. The molecule has 0 aromatic carbocycles. The maximum absolute atomic E-state index is 5.42. The van der Waals surface area contributed by atoms with E-state index < -0.39 is 0 Å². The third-order valence-corrected chi connectivity index (χ3v) is 3.18. The predicted octanol–water partition coefficient (Wildman–Crippen LogP) is 1.39. The molecule has 1 aliphatic heterocycles. The first-order valence-electron chi connectivity index (χ1n) is 5.00. The number of aryl methyl sites for hydroxylation is 1. The maximum Gasteiger partial charge on any atom is 0.225 e. The molecule has 1 saturated heterocycles. The lowest BCUT2D eigenvalue weighted by Gasteiger charge is -2.34. The van der Waals surface area contributed by atoms with E-state index in [2.05, 4.69) is 30.8 Å². The van der Waals surface area contributed by atoms with Crippen molar-refractivity contribution in [3.8, 4) is 0 Å². The fourth-order valence-corrected chi connectivity index (χ4v) is 2.12. The summed E-state index contributed by atoms with van der Waals surface area (Å²) in [5.41, 5.74) is 1.09. The van der Waals surface area contributed by atoms with Crippen molar-refractivity contribution in [3.63, 3.8) is 0 Å². The van der Waals surface area contributed by atoms with E-state index in [1.807, 2.05) is 19.3 Å². The predicted molar refractivity (Wildman–Crippen MR) is 62.5 cm³/mol. The summed E-state index contributed by atoms with van der Waals surface area (Å²) in [6.45, 7) is 4.34. The Morgan fingerprint density at radius 3 is 2.93 bits per heavy atom. The number of alkyl halides is 1. The summed E-state index contributed by atoms with van der Waals surface area (Å²) in [7, 11) is 0. The van der Waals surface area contributed by atoms with Crippen molar-refractivity contribution in [1.82, 2.24) is 9.97 Å². The van der Waals surface area contributed by atoms with Gasteiger partial charge in [-0.05, 0) is 12.5 Å². The number of morpholine rings is 1. The Morgan fingerprint density at radius 1 is 1.53 bits per heavy atom. The molecule has 5 heteroatoms. The summed E-state index contributed by atoms with van der Waals surface area (Å²) < 4.78 is 5.42. The van der Waals surface area contributed by atoms with Crippen LogP contribution in [0.3, 0.4) is 0 Å². The van der Waals surface area contributed by atoms with Gasteiger partial charge in [0.15, 0.2) is 0 Å². The fraction of sp³-hybridized carbons (Fsp3) is 0.600. The first kappa shape index (κ1) is 10.8. The van der Waals surface area contributed by atoms with Crippen LogP contribution in [0.4, 0.5) is 5.95 Å². The number of rotatable bonds is 2. The Bertz CT molecular complexity index is 317. The van der Waals surface area contributed by atoms with E-state index in [1.165, 1.54) is 0 Å². The lowest BCUT2D eigenvalue weighted by Crippen LogP contribution is -2.47. The van der Waals surface area contributed by atoms with Crippen molar-refractivity contribution in [2.75, 3.05) is 30.0 Å². The number of ether oxygens (including phenoxy) is 1. The molecular formula is C10H14BrN3O. The van der Waals surface area contributed by atoms with Gasteiger partial charge in [-0.3, -0.25) is 0 Å². The highest BCUT2D eigenvalue weighted by atomic mass is 79.9. The minimum Gasteiger partial charge on any atom is -0.377 e. The Kier molecular flexibility index (Phi) is 3.53. The van der Waals surface area contributed by atoms with Crippen LogP contribution in [0.25, 0.3) is 0 Å². The van der Waals surface area contributed by atoms with Gasteiger partial charge in [0.05, 0.1) is 19.3 Å². The number of halogens is 1. The van der Waals surface area contributed by atoms with Crippen molar-refractivity contribution >= 4 is 21.9 Å². The summed E-state index contributed by atoms with van der Waals surface area (Å²) in [6, 6.07) is 0.335. The molecule has 82 valence electrons. The number of anilines is 1. The van der Waals surface area contributed by atoms with Gasteiger partial charge in [-0.1, -0.05) is 15.9 Å². The summed E-state index contributed by atoms with van der Waals surface area (Å²) in [4.78, 5) is 10.9. The van der Waals surface area contributed by atoms with Gasteiger partial charge in [0, 0.05) is 24.3 Å². The Balaban J connectivity index is 2.16. The molecule has 1 unspecified atom stereocenters. The number of aromatic nitrogens is 2. The molecule has 2 rings (SSSR count). The van der Waals surface area contributed by atoms with Crippen LogP contribution >= 0.6 is 15.9 Å². The highest BCUT2D eigenvalue weighted by Gasteiger charge is 2.23. The van der Waals surface area contributed by atoms with Gasteiger partial charge in [-0.15, -0.1) is 0 Å². The third kappa shape index (κ3) is 2.46. The average Bonchev–Trinajstić information content (AvgIpc) is 2.30. The van der Waals surface area contributed by atoms with Gasteiger partial charge in [0.2, 0.25) is 5.95 Å². The molecule has 0 aliphatic carbocycles. The smallest absolute Gasteiger partial charge is 0.225 e. The lowest BCUT2D eigenvalue weighted by molar-refractivity contribution is 0.0995. The zero-order valence-electron chi connectivity index (χ0n) is 8.69. The van der Waals surface area contributed by atoms with E-state index >= 15 is 0 Å². The second kappa shape index (κ2) is 4.90. The fourth-order valence-electron chi connectivity index (χ4n) is 1.58. The number of hydrogen-bond donors (Lipinski definition) is 0. The minimum absolute atomic E-state index is 0.335. The minimum atomic E-state index is 0.335. The monoisotopic (exact) mass is 271 g/mol. The molecule has 4 nitrogen and oxygen atoms in total. The van der Waals surface area contributed by atoms with Gasteiger partial charge in [0.25, 0.3) is 0 Å². The van der Waals surface area contributed by atoms with Gasteiger partial charge < -0.3 is 9.64 Å². The topological polar surface area (TPSA) is 38.2 Å². The van der Waals surface area contributed by atoms with E-state index in [1.54, 1.807) is 0 Å². The SMILES string of the molecule is Cc1cnc(N2CCOCC2CBr)nc1. The lowest BCUT2D eigenvalue weighted by atomic mass is 10.3. The van der Waals surface area contributed by atoms with Crippen molar-refractivity contribution in [1.29, 1.82) is 0 Å². The van der Waals surface area contributed by atoms with E-state index in [-0.39, 0.29) is 0 Å².